The van der Waals surface area contributed by atoms with E-state index in [1.54, 1.807) is 0 Å². The molecule has 0 fully saturated rings. The van der Waals surface area contributed by atoms with Crippen molar-refractivity contribution in [1.82, 2.24) is 15.0 Å². The van der Waals surface area contributed by atoms with Crippen molar-refractivity contribution in [2.24, 2.45) is 0 Å². The molecule has 0 unspecified atom stereocenters. The number of fused-ring (bicyclic) bond motifs is 3. The largest absolute Gasteiger partial charge is 0.489 e. The Labute approximate surface area is 162 Å². The van der Waals surface area contributed by atoms with E-state index < -0.39 is 5.92 Å². The van der Waals surface area contributed by atoms with Gasteiger partial charge in [0.25, 0.3) is 5.92 Å². The van der Waals surface area contributed by atoms with Gasteiger partial charge in [-0.2, -0.15) is 0 Å². The molecule has 0 saturated carbocycles. The highest BCUT2D eigenvalue weighted by Gasteiger charge is 2.37. The summed E-state index contributed by atoms with van der Waals surface area (Å²) in [4.78, 5) is 11.8. The third kappa shape index (κ3) is 3.41. The summed E-state index contributed by atoms with van der Waals surface area (Å²) in [5.41, 5.74) is 4.98. The SMILES string of the molecule is Cc1cc(Nc2ncnc3[nH]c4c(c23)CC(F)(F)CC4)c(OC(C)C)cc1C. The van der Waals surface area contributed by atoms with Crippen LogP contribution in [0.5, 0.6) is 5.75 Å². The Kier molecular flexibility index (Phi) is 4.48. The van der Waals surface area contributed by atoms with Crippen LogP contribution in [0.4, 0.5) is 20.3 Å². The van der Waals surface area contributed by atoms with Crippen molar-refractivity contribution in [3.05, 3.63) is 40.8 Å². The van der Waals surface area contributed by atoms with Crippen LogP contribution in [0.2, 0.25) is 0 Å². The van der Waals surface area contributed by atoms with Crippen molar-refractivity contribution in [1.29, 1.82) is 0 Å². The molecule has 1 aliphatic rings. The summed E-state index contributed by atoms with van der Waals surface area (Å²) in [6.07, 6.45) is 1.31. The number of alkyl halides is 2. The lowest BCUT2D eigenvalue weighted by Crippen LogP contribution is -2.25. The number of hydrogen-bond acceptors (Lipinski definition) is 4. The van der Waals surface area contributed by atoms with Crippen molar-refractivity contribution in [3.8, 4) is 5.75 Å². The molecule has 0 radical (unpaired) electrons. The molecule has 7 heteroatoms. The highest BCUT2D eigenvalue weighted by atomic mass is 19.3. The lowest BCUT2D eigenvalue weighted by molar-refractivity contribution is -0.0121. The summed E-state index contributed by atoms with van der Waals surface area (Å²) in [5.74, 6) is -1.49. The van der Waals surface area contributed by atoms with E-state index in [0.29, 0.717) is 34.6 Å². The number of rotatable bonds is 4. The van der Waals surface area contributed by atoms with Crippen LogP contribution >= 0.6 is 0 Å². The third-order valence-corrected chi connectivity index (χ3v) is 5.17. The Morgan fingerprint density at radius 2 is 1.93 bits per heavy atom. The molecule has 4 rings (SSSR count). The van der Waals surface area contributed by atoms with Gasteiger partial charge < -0.3 is 15.0 Å². The minimum absolute atomic E-state index is 0.00628. The molecule has 1 aliphatic carbocycles. The Hall–Kier alpha value is -2.70. The fourth-order valence-corrected chi connectivity index (χ4v) is 3.66. The number of nitrogens with zero attached hydrogens (tertiary/aromatic N) is 2. The quantitative estimate of drug-likeness (QED) is 0.644. The zero-order chi connectivity index (χ0) is 20.1. The van der Waals surface area contributed by atoms with Gasteiger partial charge in [-0.25, -0.2) is 18.7 Å². The molecule has 148 valence electrons. The number of hydrogen-bond donors (Lipinski definition) is 2. The summed E-state index contributed by atoms with van der Waals surface area (Å²) in [6.45, 7) is 7.98. The number of H-pyrrole nitrogens is 1. The second-order valence-electron chi connectivity index (χ2n) is 7.78. The van der Waals surface area contributed by atoms with E-state index in [2.05, 4.69) is 20.3 Å². The topological polar surface area (TPSA) is 62.8 Å². The Balaban J connectivity index is 1.81. The maximum absolute atomic E-state index is 14.1. The van der Waals surface area contributed by atoms with Gasteiger partial charge in [0.15, 0.2) is 0 Å². The van der Waals surface area contributed by atoms with Crippen molar-refractivity contribution in [3.63, 3.8) is 0 Å². The molecule has 0 saturated heterocycles. The lowest BCUT2D eigenvalue weighted by Gasteiger charge is -2.22. The lowest BCUT2D eigenvalue weighted by atomic mass is 9.93. The molecular weight excluding hydrogens is 362 g/mol. The first kappa shape index (κ1) is 18.7. The molecule has 0 spiro atoms. The number of halogens is 2. The van der Waals surface area contributed by atoms with Crippen LogP contribution in [0.1, 0.15) is 42.7 Å². The molecule has 0 atom stereocenters. The van der Waals surface area contributed by atoms with Crippen LogP contribution in [0, 0.1) is 13.8 Å². The van der Waals surface area contributed by atoms with Crippen LogP contribution in [-0.4, -0.2) is 27.0 Å². The van der Waals surface area contributed by atoms with Crippen molar-refractivity contribution >= 4 is 22.5 Å². The normalized spacial score (nSPS) is 15.7. The highest BCUT2D eigenvalue weighted by molar-refractivity contribution is 5.94. The van der Waals surface area contributed by atoms with Gasteiger partial charge in [-0.05, 0) is 62.9 Å². The van der Waals surface area contributed by atoms with Gasteiger partial charge in [-0.3, -0.25) is 0 Å². The Morgan fingerprint density at radius 3 is 2.68 bits per heavy atom. The number of aromatic nitrogens is 3. The third-order valence-electron chi connectivity index (χ3n) is 5.17. The molecule has 5 nitrogen and oxygen atoms in total. The monoisotopic (exact) mass is 386 g/mol. The van der Waals surface area contributed by atoms with Gasteiger partial charge in [-0.15, -0.1) is 0 Å². The number of benzene rings is 1. The number of ether oxygens (including phenoxy) is 1. The molecule has 0 aliphatic heterocycles. The highest BCUT2D eigenvalue weighted by Crippen LogP contribution is 2.40. The van der Waals surface area contributed by atoms with Crippen molar-refractivity contribution in [2.45, 2.75) is 59.0 Å². The summed E-state index contributed by atoms with van der Waals surface area (Å²) >= 11 is 0. The zero-order valence-corrected chi connectivity index (χ0v) is 16.5. The summed E-state index contributed by atoms with van der Waals surface area (Å²) < 4.78 is 34.1. The van der Waals surface area contributed by atoms with Crippen molar-refractivity contribution < 1.29 is 13.5 Å². The Morgan fingerprint density at radius 1 is 1.18 bits per heavy atom. The molecule has 2 heterocycles. The van der Waals surface area contributed by atoms with Crippen LogP contribution in [0.3, 0.4) is 0 Å². The fourth-order valence-electron chi connectivity index (χ4n) is 3.66. The zero-order valence-electron chi connectivity index (χ0n) is 16.5. The van der Waals surface area contributed by atoms with E-state index in [-0.39, 0.29) is 18.9 Å². The van der Waals surface area contributed by atoms with Crippen LogP contribution in [-0.2, 0) is 12.8 Å². The van der Waals surface area contributed by atoms with Gasteiger partial charge in [0.1, 0.15) is 23.5 Å². The van der Waals surface area contributed by atoms with E-state index >= 15 is 0 Å². The van der Waals surface area contributed by atoms with Crippen LogP contribution < -0.4 is 10.1 Å². The van der Waals surface area contributed by atoms with E-state index in [9.17, 15) is 8.78 Å². The summed E-state index contributed by atoms with van der Waals surface area (Å²) in [5, 5.41) is 3.94. The molecule has 2 aromatic heterocycles. The fraction of sp³-hybridized carbons (Fsp3) is 0.429. The number of nitrogens with one attached hydrogen (secondary N) is 2. The van der Waals surface area contributed by atoms with Gasteiger partial charge in [0.05, 0.1) is 17.2 Å². The molecule has 0 amide bonds. The molecule has 2 N–H and O–H groups in total. The van der Waals surface area contributed by atoms with E-state index in [1.807, 2.05) is 39.8 Å². The first-order valence-corrected chi connectivity index (χ1v) is 9.51. The standard InChI is InChI=1S/C21H24F2N4O/c1-11(2)28-17-8-13(4)12(3)7-16(17)27-20-18-14-9-21(22,23)6-5-15(14)26-19(18)24-10-25-20/h7-8,10-11H,5-6,9H2,1-4H3,(H2,24,25,26,27). The van der Waals surface area contributed by atoms with Crippen molar-refractivity contribution in [2.75, 3.05) is 5.32 Å². The van der Waals surface area contributed by atoms with E-state index in [4.69, 9.17) is 4.74 Å². The predicted molar refractivity (Wildman–Crippen MR) is 106 cm³/mol. The van der Waals surface area contributed by atoms with Gasteiger partial charge >= 0.3 is 0 Å². The van der Waals surface area contributed by atoms with Gasteiger partial charge in [0.2, 0.25) is 0 Å². The van der Waals surface area contributed by atoms with E-state index in [1.165, 1.54) is 6.33 Å². The average Bonchev–Trinajstić information content (AvgIpc) is 2.96. The molecule has 0 bridgehead atoms. The molecule has 3 aromatic rings. The predicted octanol–water partition coefficient (Wildman–Crippen LogP) is 5.23. The smallest absolute Gasteiger partial charge is 0.252 e. The first-order valence-electron chi connectivity index (χ1n) is 9.51. The number of aryl methyl sites for hydroxylation is 3. The van der Waals surface area contributed by atoms with Gasteiger partial charge in [-0.1, -0.05) is 0 Å². The van der Waals surface area contributed by atoms with E-state index in [0.717, 1.165) is 22.5 Å². The number of anilines is 2. The molecular formula is C21H24F2N4O. The average molecular weight is 386 g/mol. The van der Waals surface area contributed by atoms with Crippen LogP contribution in [0.15, 0.2) is 18.5 Å². The minimum Gasteiger partial charge on any atom is -0.489 e. The maximum Gasteiger partial charge on any atom is 0.252 e. The maximum atomic E-state index is 14.1. The molecule has 28 heavy (non-hydrogen) atoms. The summed E-state index contributed by atoms with van der Waals surface area (Å²) in [7, 11) is 0. The first-order chi connectivity index (χ1) is 13.2. The number of aromatic amines is 1. The van der Waals surface area contributed by atoms with Gasteiger partial charge in [0, 0.05) is 18.5 Å². The second-order valence-corrected chi connectivity index (χ2v) is 7.78. The minimum atomic E-state index is -2.71. The Bertz CT molecular complexity index is 1040. The molecule has 1 aromatic carbocycles. The second kappa shape index (κ2) is 6.72. The summed E-state index contributed by atoms with van der Waals surface area (Å²) in [6, 6.07) is 3.98. The van der Waals surface area contributed by atoms with Crippen LogP contribution in [0.25, 0.3) is 11.0 Å².